The monoisotopic (exact) mass is 294 g/mol. The molecule has 1 aromatic carbocycles. The van der Waals surface area contributed by atoms with Crippen molar-refractivity contribution in [3.8, 4) is 0 Å². The van der Waals surface area contributed by atoms with E-state index in [1.54, 1.807) is 24.3 Å². The quantitative estimate of drug-likeness (QED) is 0.620. The smallest absolute Gasteiger partial charge is 0.223 e. The lowest BCUT2D eigenvalue weighted by atomic mass is 10.0. The fraction of sp³-hybridized carbons (Fsp3) is 0.250. The van der Waals surface area contributed by atoms with Gasteiger partial charge >= 0.3 is 0 Å². The molecule has 5 N–H and O–H groups in total. The fourth-order valence-electron chi connectivity index (χ4n) is 1.62. The van der Waals surface area contributed by atoms with Crippen LogP contribution in [0.4, 0.5) is 10.8 Å². The number of nitrogens with two attached hydrogens (primary N) is 1. The van der Waals surface area contributed by atoms with E-state index in [9.17, 15) is 15.0 Å². The molecule has 2 atom stereocenters. The van der Waals surface area contributed by atoms with Crippen LogP contribution in [0.3, 0.4) is 0 Å². The summed E-state index contributed by atoms with van der Waals surface area (Å²) in [5.41, 5.74) is 6.60. The van der Waals surface area contributed by atoms with Crippen LogP contribution in [0.1, 0.15) is 29.7 Å². The minimum Gasteiger partial charge on any atom is -0.399 e. The molecule has 1 amide bonds. The summed E-state index contributed by atoms with van der Waals surface area (Å²) in [7, 11) is 0. The molecule has 1 aromatic heterocycles. The van der Waals surface area contributed by atoms with Crippen LogP contribution >= 0.6 is 11.3 Å². The molecule has 0 bridgehead atoms. The molecule has 2 rings (SSSR count). The van der Waals surface area contributed by atoms with E-state index in [1.165, 1.54) is 6.92 Å². The third-order valence-electron chi connectivity index (χ3n) is 2.53. The zero-order chi connectivity index (χ0) is 14.7. The number of carbonyl (C=O) groups excluding carboxylic acids is 1. The van der Waals surface area contributed by atoms with Crippen LogP contribution in [0.15, 0.2) is 24.3 Å². The van der Waals surface area contributed by atoms with E-state index in [4.69, 9.17) is 5.73 Å². The first-order valence-corrected chi connectivity index (χ1v) is 6.61. The number of aliphatic hydroxyl groups excluding tert-OH is 2. The van der Waals surface area contributed by atoms with Crippen molar-refractivity contribution in [3.63, 3.8) is 0 Å². The third kappa shape index (κ3) is 3.29. The highest BCUT2D eigenvalue weighted by Crippen LogP contribution is 2.32. The molecule has 0 saturated carbocycles. The number of anilines is 2. The van der Waals surface area contributed by atoms with Gasteiger partial charge in [0.05, 0.1) is 0 Å². The largest absolute Gasteiger partial charge is 0.399 e. The normalized spacial score (nSPS) is 13.8. The van der Waals surface area contributed by atoms with Gasteiger partial charge in [-0.25, -0.2) is 0 Å². The average molecular weight is 294 g/mol. The molecule has 0 aliphatic rings. The Bertz CT molecular complexity index is 616. The summed E-state index contributed by atoms with van der Waals surface area (Å²) in [6, 6.07) is 6.59. The molecule has 0 aliphatic heterocycles. The predicted molar refractivity (Wildman–Crippen MR) is 75.0 cm³/mol. The molecular formula is C12H14N4O3S. The maximum Gasteiger partial charge on any atom is 0.223 e. The van der Waals surface area contributed by atoms with Gasteiger partial charge in [0, 0.05) is 12.6 Å². The molecule has 7 nitrogen and oxygen atoms in total. The van der Waals surface area contributed by atoms with E-state index in [0.29, 0.717) is 11.3 Å². The van der Waals surface area contributed by atoms with Gasteiger partial charge in [0.1, 0.15) is 12.2 Å². The number of hydrogen-bond acceptors (Lipinski definition) is 7. The van der Waals surface area contributed by atoms with Crippen LogP contribution < -0.4 is 11.1 Å². The maximum atomic E-state index is 10.9. The number of amides is 1. The lowest BCUT2D eigenvalue weighted by Crippen LogP contribution is -2.10. The average Bonchev–Trinajstić information content (AvgIpc) is 2.84. The highest BCUT2D eigenvalue weighted by Gasteiger charge is 2.24. The van der Waals surface area contributed by atoms with Crippen LogP contribution in [-0.2, 0) is 4.79 Å². The van der Waals surface area contributed by atoms with Crippen molar-refractivity contribution in [2.45, 2.75) is 19.1 Å². The topological polar surface area (TPSA) is 121 Å². The first-order valence-electron chi connectivity index (χ1n) is 5.80. The minimum absolute atomic E-state index is 0.212. The van der Waals surface area contributed by atoms with Gasteiger partial charge in [0.2, 0.25) is 11.0 Å². The van der Waals surface area contributed by atoms with Crippen LogP contribution in [0, 0.1) is 0 Å². The number of benzene rings is 1. The van der Waals surface area contributed by atoms with Gasteiger partial charge in [0.25, 0.3) is 0 Å². The standard InChI is InChI=1S/C12H14N4O3S/c1-6(17)14-12-16-15-11(20-12)10(19)9(18)7-3-2-4-8(13)5-7/h2-5,9-10,18-19H,13H2,1H3,(H,14,16,17)/t9-,10+/m0/s1. The van der Waals surface area contributed by atoms with Crippen molar-refractivity contribution in [2.75, 3.05) is 11.1 Å². The Morgan fingerprint density at radius 1 is 1.35 bits per heavy atom. The Morgan fingerprint density at radius 3 is 2.75 bits per heavy atom. The number of nitrogens with one attached hydrogen (secondary N) is 1. The van der Waals surface area contributed by atoms with Crippen LogP contribution in [-0.4, -0.2) is 26.3 Å². The summed E-state index contributed by atoms with van der Waals surface area (Å²) in [6.45, 7) is 1.35. The molecular weight excluding hydrogens is 280 g/mol. The number of aliphatic hydroxyl groups is 2. The SMILES string of the molecule is CC(=O)Nc1nnc([C@H](O)[C@@H](O)c2cccc(N)c2)s1. The Labute approximate surface area is 119 Å². The summed E-state index contributed by atoms with van der Waals surface area (Å²) in [5, 5.41) is 30.6. The molecule has 8 heteroatoms. The third-order valence-corrected chi connectivity index (χ3v) is 3.44. The van der Waals surface area contributed by atoms with Gasteiger partial charge in [0.15, 0.2) is 5.01 Å². The minimum atomic E-state index is -1.24. The summed E-state index contributed by atoms with van der Waals surface area (Å²) >= 11 is 1.00. The van der Waals surface area contributed by atoms with Crippen LogP contribution in [0.2, 0.25) is 0 Å². The molecule has 2 aromatic rings. The molecule has 0 spiro atoms. The number of carbonyl (C=O) groups is 1. The van der Waals surface area contributed by atoms with Crippen molar-refractivity contribution in [1.29, 1.82) is 0 Å². The lowest BCUT2D eigenvalue weighted by Gasteiger charge is -2.15. The van der Waals surface area contributed by atoms with Crippen molar-refractivity contribution in [2.24, 2.45) is 0 Å². The van der Waals surface area contributed by atoms with Gasteiger partial charge in [-0.3, -0.25) is 4.79 Å². The summed E-state index contributed by atoms with van der Waals surface area (Å²) in [6.07, 6.45) is -2.41. The zero-order valence-corrected chi connectivity index (χ0v) is 11.5. The first-order chi connectivity index (χ1) is 9.47. The van der Waals surface area contributed by atoms with Crippen LogP contribution in [0.25, 0.3) is 0 Å². The van der Waals surface area contributed by atoms with Gasteiger partial charge < -0.3 is 21.3 Å². The van der Waals surface area contributed by atoms with E-state index >= 15 is 0 Å². The van der Waals surface area contributed by atoms with E-state index in [1.807, 2.05) is 0 Å². The van der Waals surface area contributed by atoms with Crippen LogP contribution in [0.5, 0.6) is 0 Å². The number of aromatic nitrogens is 2. The van der Waals surface area contributed by atoms with E-state index < -0.39 is 12.2 Å². The van der Waals surface area contributed by atoms with Gasteiger partial charge in [-0.15, -0.1) is 10.2 Å². The van der Waals surface area contributed by atoms with Crippen molar-refractivity contribution in [3.05, 3.63) is 34.8 Å². The fourth-order valence-corrected chi connectivity index (χ4v) is 2.42. The number of nitrogen functional groups attached to an aromatic ring is 1. The molecule has 20 heavy (non-hydrogen) atoms. The second-order valence-electron chi connectivity index (χ2n) is 4.19. The van der Waals surface area contributed by atoms with Crippen molar-refractivity contribution >= 4 is 28.1 Å². The zero-order valence-electron chi connectivity index (χ0n) is 10.6. The number of rotatable bonds is 4. The molecule has 1 heterocycles. The first kappa shape index (κ1) is 14.4. The maximum absolute atomic E-state index is 10.9. The predicted octanol–water partition coefficient (Wildman–Crippen LogP) is 0.846. The van der Waals surface area contributed by atoms with Gasteiger partial charge in [-0.2, -0.15) is 0 Å². The molecule has 0 fully saturated rings. The second kappa shape index (κ2) is 5.95. The number of nitrogens with zero attached hydrogens (tertiary/aromatic N) is 2. The second-order valence-corrected chi connectivity index (χ2v) is 5.20. The van der Waals surface area contributed by atoms with Crippen molar-refractivity contribution < 1.29 is 15.0 Å². The van der Waals surface area contributed by atoms with Gasteiger partial charge in [-0.05, 0) is 17.7 Å². The van der Waals surface area contributed by atoms with Gasteiger partial charge in [-0.1, -0.05) is 23.5 Å². The summed E-state index contributed by atoms with van der Waals surface area (Å²) < 4.78 is 0. The van der Waals surface area contributed by atoms with E-state index in [0.717, 1.165) is 11.3 Å². The lowest BCUT2D eigenvalue weighted by molar-refractivity contribution is -0.114. The highest BCUT2D eigenvalue weighted by atomic mass is 32.1. The molecule has 106 valence electrons. The molecule has 0 radical (unpaired) electrons. The van der Waals surface area contributed by atoms with Crippen molar-refractivity contribution in [1.82, 2.24) is 10.2 Å². The Kier molecular flexibility index (Phi) is 4.28. The Balaban J connectivity index is 2.16. The summed E-state index contributed by atoms with van der Waals surface area (Å²) in [4.78, 5) is 10.9. The van der Waals surface area contributed by atoms with E-state index in [-0.39, 0.29) is 16.0 Å². The summed E-state index contributed by atoms with van der Waals surface area (Å²) in [5.74, 6) is -0.279. The Morgan fingerprint density at radius 2 is 2.10 bits per heavy atom. The Hall–Kier alpha value is -2.03. The molecule has 0 unspecified atom stereocenters. The highest BCUT2D eigenvalue weighted by molar-refractivity contribution is 7.15. The number of hydrogen-bond donors (Lipinski definition) is 4. The molecule has 0 aliphatic carbocycles. The molecule has 0 saturated heterocycles. The van der Waals surface area contributed by atoms with E-state index in [2.05, 4.69) is 15.5 Å².